The lowest BCUT2D eigenvalue weighted by atomic mass is 10.0. The van der Waals surface area contributed by atoms with Crippen molar-refractivity contribution in [3.8, 4) is 0 Å². The smallest absolute Gasteiger partial charge is 0.243 e. The molecular weight excluding hydrogens is 316 g/mol. The molecule has 6 heteroatoms. The number of nitrogens with zero attached hydrogens (tertiary/aromatic N) is 4. The van der Waals surface area contributed by atoms with Crippen LogP contribution in [0.15, 0.2) is 4.52 Å². The highest BCUT2D eigenvalue weighted by Gasteiger charge is 2.31. The summed E-state index contributed by atoms with van der Waals surface area (Å²) < 4.78 is 5.50. The van der Waals surface area contributed by atoms with E-state index in [1.165, 1.54) is 38.5 Å². The van der Waals surface area contributed by atoms with E-state index in [0.29, 0.717) is 17.7 Å². The molecule has 0 N–H and O–H groups in total. The Balaban J connectivity index is 1.31. The van der Waals surface area contributed by atoms with Crippen LogP contribution in [0, 0.1) is 5.92 Å². The van der Waals surface area contributed by atoms with Gasteiger partial charge in [0.15, 0.2) is 5.82 Å². The molecule has 2 saturated carbocycles. The van der Waals surface area contributed by atoms with Crippen molar-refractivity contribution in [2.24, 2.45) is 5.92 Å². The predicted molar refractivity (Wildman–Crippen MR) is 94.0 cm³/mol. The Hall–Kier alpha value is -1.43. The highest BCUT2D eigenvalue weighted by Crippen LogP contribution is 2.38. The maximum Gasteiger partial charge on any atom is 0.243 e. The lowest BCUT2D eigenvalue weighted by Gasteiger charge is -2.25. The summed E-state index contributed by atoms with van der Waals surface area (Å²) in [5, 5.41) is 4.14. The van der Waals surface area contributed by atoms with Crippen molar-refractivity contribution in [1.29, 1.82) is 0 Å². The van der Waals surface area contributed by atoms with E-state index in [4.69, 9.17) is 4.52 Å². The topological polar surface area (TPSA) is 62.5 Å². The summed E-state index contributed by atoms with van der Waals surface area (Å²) in [7, 11) is 0. The van der Waals surface area contributed by atoms with Gasteiger partial charge in [-0.2, -0.15) is 4.98 Å². The highest BCUT2D eigenvalue weighted by atomic mass is 16.5. The second-order valence-electron chi connectivity index (χ2n) is 8.07. The molecule has 1 aromatic rings. The van der Waals surface area contributed by atoms with Crippen LogP contribution < -0.4 is 0 Å². The van der Waals surface area contributed by atoms with Crippen molar-refractivity contribution in [1.82, 2.24) is 19.9 Å². The number of hydrogen-bond donors (Lipinski definition) is 0. The van der Waals surface area contributed by atoms with Gasteiger partial charge in [0.25, 0.3) is 0 Å². The summed E-state index contributed by atoms with van der Waals surface area (Å²) in [5.74, 6) is 3.12. The maximum absolute atomic E-state index is 12.6. The van der Waals surface area contributed by atoms with Crippen molar-refractivity contribution >= 4 is 5.91 Å². The summed E-state index contributed by atoms with van der Waals surface area (Å²) in [6.07, 6.45) is 9.23. The fraction of sp³-hybridized carbons (Fsp3) is 0.842. The zero-order valence-corrected chi connectivity index (χ0v) is 15.3. The summed E-state index contributed by atoms with van der Waals surface area (Å²) >= 11 is 0. The molecule has 25 heavy (non-hydrogen) atoms. The van der Waals surface area contributed by atoms with Crippen LogP contribution >= 0.6 is 0 Å². The zero-order valence-electron chi connectivity index (χ0n) is 15.3. The lowest BCUT2D eigenvalue weighted by Crippen LogP contribution is -2.36. The minimum atomic E-state index is 0.130. The molecule has 3 aliphatic rings. The van der Waals surface area contributed by atoms with Gasteiger partial charge in [0.1, 0.15) is 0 Å². The molecule has 3 fully saturated rings. The second-order valence-corrected chi connectivity index (χ2v) is 8.07. The van der Waals surface area contributed by atoms with Gasteiger partial charge < -0.3 is 9.42 Å². The second kappa shape index (κ2) is 7.44. The molecule has 2 aliphatic carbocycles. The Bertz CT molecular complexity index is 592. The highest BCUT2D eigenvalue weighted by molar-refractivity contribution is 5.76. The molecule has 138 valence electrons. The fourth-order valence-electron chi connectivity index (χ4n) is 4.25. The lowest BCUT2D eigenvalue weighted by molar-refractivity contribution is -0.132. The van der Waals surface area contributed by atoms with Crippen LogP contribution in [0.1, 0.15) is 82.0 Å². The summed E-state index contributed by atoms with van der Waals surface area (Å²) in [6, 6.07) is 0.130. The third-order valence-corrected chi connectivity index (χ3v) is 6.13. The molecule has 0 bridgehead atoms. The molecule has 0 spiro atoms. The van der Waals surface area contributed by atoms with Crippen LogP contribution in [0.2, 0.25) is 0 Å². The van der Waals surface area contributed by atoms with Gasteiger partial charge in [-0.25, -0.2) is 0 Å². The van der Waals surface area contributed by atoms with Gasteiger partial charge in [-0.05, 0) is 44.9 Å². The van der Waals surface area contributed by atoms with Crippen molar-refractivity contribution in [3.63, 3.8) is 0 Å². The Labute approximate surface area is 149 Å². The SMILES string of the molecule is C[C@H](c1nc(C2CC2)no1)N1CCCN(C(=O)CC2CCCC2)CC1. The molecule has 1 saturated heterocycles. The maximum atomic E-state index is 12.6. The van der Waals surface area contributed by atoms with E-state index in [1.54, 1.807) is 0 Å². The molecular formula is C19H30N4O2. The van der Waals surface area contributed by atoms with Crippen molar-refractivity contribution < 1.29 is 9.32 Å². The predicted octanol–water partition coefficient (Wildman–Crippen LogP) is 3.12. The Morgan fingerprint density at radius 2 is 1.92 bits per heavy atom. The van der Waals surface area contributed by atoms with Crippen molar-refractivity contribution in [2.75, 3.05) is 26.2 Å². The first-order valence-corrected chi connectivity index (χ1v) is 10.1. The minimum Gasteiger partial charge on any atom is -0.341 e. The molecule has 1 aromatic heterocycles. The minimum absolute atomic E-state index is 0.130. The molecule has 6 nitrogen and oxygen atoms in total. The average Bonchev–Trinajstić information content (AvgIpc) is 3.22. The number of rotatable bonds is 5. The van der Waals surface area contributed by atoms with E-state index in [-0.39, 0.29) is 6.04 Å². The largest absolute Gasteiger partial charge is 0.341 e. The van der Waals surface area contributed by atoms with Gasteiger partial charge in [0.05, 0.1) is 6.04 Å². The summed E-state index contributed by atoms with van der Waals surface area (Å²) in [5.41, 5.74) is 0. The van der Waals surface area contributed by atoms with Gasteiger partial charge in [-0.15, -0.1) is 0 Å². The first-order chi connectivity index (χ1) is 12.2. The third-order valence-electron chi connectivity index (χ3n) is 6.13. The molecule has 0 radical (unpaired) electrons. The average molecular weight is 346 g/mol. The Morgan fingerprint density at radius 3 is 2.68 bits per heavy atom. The van der Waals surface area contributed by atoms with E-state index < -0.39 is 0 Å². The van der Waals surface area contributed by atoms with Crippen LogP contribution in [0.25, 0.3) is 0 Å². The third kappa shape index (κ3) is 4.05. The Morgan fingerprint density at radius 1 is 1.12 bits per heavy atom. The van der Waals surface area contributed by atoms with E-state index in [0.717, 1.165) is 50.7 Å². The van der Waals surface area contributed by atoms with Crippen molar-refractivity contribution in [2.45, 2.75) is 70.3 Å². The number of hydrogen-bond acceptors (Lipinski definition) is 5. The monoisotopic (exact) mass is 346 g/mol. The molecule has 4 rings (SSSR count). The molecule has 0 unspecified atom stereocenters. The van der Waals surface area contributed by atoms with Crippen LogP contribution in [0.4, 0.5) is 0 Å². The summed E-state index contributed by atoms with van der Waals surface area (Å²) in [6.45, 7) is 5.71. The first kappa shape index (κ1) is 17.0. The normalized spacial score (nSPS) is 24.4. The van der Waals surface area contributed by atoms with E-state index in [9.17, 15) is 4.79 Å². The number of carbonyl (C=O) groups is 1. The molecule has 1 aliphatic heterocycles. The molecule has 2 heterocycles. The fourth-order valence-corrected chi connectivity index (χ4v) is 4.25. The van der Waals surface area contributed by atoms with Gasteiger partial charge in [0.2, 0.25) is 11.8 Å². The van der Waals surface area contributed by atoms with Crippen LogP contribution in [0.3, 0.4) is 0 Å². The standard InChI is InChI=1S/C19H30N4O2/c1-14(19-20-18(21-25-19)16-7-8-16)22-9-4-10-23(12-11-22)17(24)13-15-5-2-3-6-15/h14-16H,2-13H2,1H3/t14-/m1/s1. The Kier molecular flexibility index (Phi) is 5.06. The van der Waals surface area contributed by atoms with E-state index >= 15 is 0 Å². The van der Waals surface area contributed by atoms with Crippen molar-refractivity contribution in [3.05, 3.63) is 11.7 Å². The van der Waals surface area contributed by atoms with E-state index in [2.05, 4.69) is 26.9 Å². The van der Waals surface area contributed by atoms with Gasteiger partial charge in [-0.3, -0.25) is 9.69 Å². The molecule has 0 aromatic carbocycles. The van der Waals surface area contributed by atoms with Gasteiger partial charge in [0, 0.05) is 38.5 Å². The summed E-state index contributed by atoms with van der Waals surface area (Å²) in [4.78, 5) is 21.7. The molecule has 1 amide bonds. The number of amides is 1. The van der Waals surface area contributed by atoms with Crippen LogP contribution in [-0.4, -0.2) is 52.0 Å². The van der Waals surface area contributed by atoms with E-state index in [1.807, 2.05) is 0 Å². The number of carbonyl (C=O) groups excluding carboxylic acids is 1. The van der Waals surface area contributed by atoms with Gasteiger partial charge in [-0.1, -0.05) is 18.0 Å². The van der Waals surface area contributed by atoms with Crippen LogP contribution in [0.5, 0.6) is 0 Å². The van der Waals surface area contributed by atoms with Crippen LogP contribution in [-0.2, 0) is 4.79 Å². The zero-order chi connectivity index (χ0) is 17.2. The number of aromatic nitrogens is 2. The quantitative estimate of drug-likeness (QED) is 0.820. The van der Waals surface area contributed by atoms with Gasteiger partial charge >= 0.3 is 0 Å². The molecule has 1 atom stereocenters. The first-order valence-electron chi connectivity index (χ1n) is 10.1.